The van der Waals surface area contributed by atoms with Gasteiger partial charge in [-0.15, -0.1) is 0 Å². The van der Waals surface area contributed by atoms with Gasteiger partial charge in [0.05, 0.1) is 0 Å². The molecule has 0 aromatic rings. The molecule has 0 spiro atoms. The largest absolute Gasteiger partial charge is 0.396 e. The van der Waals surface area contributed by atoms with E-state index in [2.05, 4.69) is 5.32 Å². The van der Waals surface area contributed by atoms with Crippen LogP contribution < -0.4 is 5.32 Å². The molecule has 0 aromatic heterocycles. The zero-order valence-corrected chi connectivity index (χ0v) is 6.92. The fourth-order valence-corrected chi connectivity index (χ4v) is 2.14. The molecule has 2 heteroatoms. The van der Waals surface area contributed by atoms with E-state index in [0.717, 1.165) is 24.2 Å². The maximum atomic E-state index is 8.86. The maximum absolute atomic E-state index is 8.86. The van der Waals surface area contributed by atoms with Crippen LogP contribution in [0.3, 0.4) is 0 Å². The Kier molecular flexibility index (Phi) is 2.14. The van der Waals surface area contributed by atoms with E-state index >= 15 is 0 Å². The van der Waals surface area contributed by atoms with Gasteiger partial charge < -0.3 is 10.4 Å². The minimum absolute atomic E-state index is 0.387. The van der Waals surface area contributed by atoms with E-state index in [1.54, 1.807) is 0 Å². The summed E-state index contributed by atoms with van der Waals surface area (Å²) < 4.78 is 0. The first-order chi connectivity index (χ1) is 5.42. The molecular weight excluding hydrogens is 138 g/mol. The summed E-state index contributed by atoms with van der Waals surface area (Å²) >= 11 is 0. The summed E-state index contributed by atoms with van der Waals surface area (Å²) in [7, 11) is 0. The number of nitrogens with one attached hydrogen (secondary N) is 1. The van der Waals surface area contributed by atoms with Crippen LogP contribution in [0.5, 0.6) is 0 Å². The van der Waals surface area contributed by atoms with Crippen LogP contribution in [-0.4, -0.2) is 24.8 Å². The Morgan fingerprint density at radius 2 is 2.00 bits per heavy atom. The lowest BCUT2D eigenvalue weighted by atomic mass is 9.82. The monoisotopic (exact) mass is 155 g/mol. The fourth-order valence-electron chi connectivity index (χ4n) is 2.14. The molecule has 2 fully saturated rings. The van der Waals surface area contributed by atoms with Gasteiger partial charge in [0, 0.05) is 6.61 Å². The van der Waals surface area contributed by atoms with E-state index in [-0.39, 0.29) is 0 Å². The van der Waals surface area contributed by atoms with Crippen LogP contribution >= 0.6 is 0 Å². The van der Waals surface area contributed by atoms with Gasteiger partial charge in [0.25, 0.3) is 0 Å². The van der Waals surface area contributed by atoms with Crippen molar-refractivity contribution in [3.63, 3.8) is 0 Å². The van der Waals surface area contributed by atoms with Crippen LogP contribution in [-0.2, 0) is 0 Å². The SMILES string of the molecule is OCCC(C1CC1)C1CNC1. The highest BCUT2D eigenvalue weighted by atomic mass is 16.3. The fraction of sp³-hybridized carbons (Fsp3) is 1.00. The Hall–Kier alpha value is -0.0800. The Balaban J connectivity index is 1.81. The Bertz CT molecular complexity index is 130. The zero-order chi connectivity index (χ0) is 7.68. The maximum Gasteiger partial charge on any atom is 0.0433 e. The number of aliphatic hydroxyl groups is 1. The molecule has 1 heterocycles. The molecule has 2 aliphatic rings. The van der Waals surface area contributed by atoms with Crippen LogP contribution in [0.25, 0.3) is 0 Å². The van der Waals surface area contributed by atoms with E-state index in [9.17, 15) is 0 Å². The average Bonchev–Trinajstić information content (AvgIpc) is 2.63. The molecule has 2 rings (SSSR count). The molecule has 1 aliphatic carbocycles. The summed E-state index contributed by atoms with van der Waals surface area (Å²) in [5.41, 5.74) is 0. The number of hydrogen-bond donors (Lipinski definition) is 2. The molecule has 0 aromatic carbocycles. The standard InChI is InChI=1S/C9H17NO/c11-4-3-9(7-1-2-7)8-5-10-6-8/h7-11H,1-6H2. The molecule has 2 N–H and O–H groups in total. The molecule has 0 bridgehead atoms. The van der Waals surface area contributed by atoms with E-state index < -0.39 is 0 Å². The molecule has 1 aliphatic heterocycles. The van der Waals surface area contributed by atoms with Crippen molar-refractivity contribution in [2.45, 2.75) is 19.3 Å². The highest BCUT2D eigenvalue weighted by Crippen LogP contribution is 2.43. The Morgan fingerprint density at radius 1 is 1.27 bits per heavy atom. The summed E-state index contributed by atoms with van der Waals surface area (Å²) in [6, 6.07) is 0. The van der Waals surface area contributed by atoms with Crippen molar-refractivity contribution in [3.8, 4) is 0 Å². The van der Waals surface area contributed by atoms with Gasteiger partial charge in [0.1, 0.15) is 0 Å². The average molecular weight is 155 g/mol. The highest BCUT2D eigenvalue weighted by Gasteiger charge is 2.37. The second kappa shape index (κ2) is 3.11. The van der Waals surface area contributed by atoms with Gasteiger partial charge in [-0.05, 0) is 50.1 Å². The highest BCUT2D eigenvalue weighted by molar-refractivity contribution is 4.90. The van der Waals surface area contributed by atoms with Crippen molar-refractivity contribution < 1.29 is 5.11 Å². The molecule has 64 valence electrons. The van der Waals surface area contributed by atoms with Gasteiger partial charge in [0.2, 0.25) is 0 Å². The lowest BCUT2D eigenvalue weighted by Crippen LogP contribution is -2.46. The van der Waals surface area contributed by atoms with Crippen LogP contribution in [0, 0.1) is 17.8 Å². The summed E-state index contributed by atoms with van der Waals surface area (Å²) in [4.78, 5) is 0. The number of rotatable bonds is 4. The first-order valence-electron chi connectivity index (χ1n) is 4.73. The second-order valence-corrected chi connectivity index (χ2v) is 3.93. The molecule has 2 nitrogen and oxygen atoms in total. The van der Waals surface area contributed by atoms with Gasteiger partial charge >= 0.3 is 0 Å². The van der Waals surface area contributed by atoms with Gasteiger partial charge in [0.15, 0.2) is 0 Å². The Morgan fingerprint density at radius 3 is 2.36 bits per heavy atom. The molecule has 0 amide bonds. The van der Waals surface area contributed by atoms with Crippen molar-refractivity contribution in [3.05, 3.63) is 0 Å². The summed E-state index contributed by atoms with van der Waals surface area (Å²) in [5.74, 6) is 2.69. The summed E-state index contributed by atoms with van der Waals surface area (Å²) in [5, 5.41) is 12.2. The lowest BCUT2D eigenvalue weighted by Gasteiger charge is -2.34. The molecular formula is C9H17NO. The minimum atomic E-state index is 0.387. The van der Waals surface area contributed by atoms with Crippen molar-refractivity contribution >= 4 is 0 Å². The van der Waals surface area contributed by atoms with E-state index in [1.165, 1.54) is 25.9 Å². The Labute approximate surface area is 68.0 Å². The minimum Gasteiger partial charge on any atom is -0.396 e. The molecule has 1 saturated carbocycles. The molecule has 1 saturated heterocycles. The third-order valence-electron chi connectivity index (χ3n) is 3.11. The molecule has 1 atom stereocenters. The predicted molar refractivity (Wildman–Crippen MR) is 44.3 cm³/mol. The normalized spacial score (nSPS) is 28.1. The van der Waals surface area contributed by atoms with Gasteiger partial charge in [-0.25, -0.2) is 0 Å². The van der Waals surface area contributed by atoms with Crippen molar-refractivity contribution in [1.82, 2.24) is 5.32 Å². The first-order valence-corrected chi connectivity index (χ1v) is 4.73. The quantitative estimate of drug-likeness (QED) is 0.623. The zero-order valence-electron chi connectivity index (χ0n) is 6.92. The van der Waals surface area contributed by atoms with E-state index in [0.29, 0.717) is 6.61 Å². The summed E-state index contributed by atoms with van der Waals surface area (Å²) in [6.07, 6.45) is 3.87. The smallest absolute Gasteiger partial charge is 0.0433 e. The van der Waals surface area contributed by atoms with Gasteiger partial charge in [-0.2, -0.15) is 0 Å². The third kappa shape index (κ3) is 1.57. The van der Waals surface area contributed by atoms with Gasteiger partial charge in [-0.3, -0.25) is 0 Å². The van der Waals surface area contributed by atoms with Crippen LogP contribution in [0.4, 0.5) is 0 Å². The van der Waals surface area contributed by atoms with Crippen molar-refractivity contribution in [2.24, 2.45) is 17.8 Å². The topological polar surface area (TPSA) is 32.3 Å². The van der Waals surface area contributed by atoms with E-state index in [1.807, 2.05) is 0 Å². The summed E-state index contributed by atoms with van der Waals surface area (Å²) in [6.45, 7) is 2.78. The first kappa shape index (κ1) is 7.56. The predicted octanol–water partition coefficient (Wildman–Crippen LogP) is 0.614. The van der Waals surface area contributed by atoms with Crippen molar-refractivity contribution in [2.75, 3.05) is 19.7 Å². The number of aliphatic hydroxyl groups excluding tert-OH is 1. The van der Waals surface area contributed by atoms with Crippen LogP contribution in [0.15, 0.2) is 0 Å². The van der Waals surface area contributed by atoms with Crippen LogP contribution in [0.2, 0.25) is 0 Å². The number of hydrogen-bond acceptors (Lipinski definition) is 2. The van der Waals surface area contributed by atoms with Crippen LogP contribution in [0.1, 0.15) is 19.3 Å². The molecule has 0 radical (unpaired) electrons. The van der Waals surface area contributed by atoms with E-state index in [4.69, 9.17) is 5.11 Å². The lowest BCUT2D eigenvalue weighted by molar-refractivity contribution is 0.160. The third-order valence-corrected chi connectivity index (χ3v) is 3.11. The molecule has 1 unspecified atom stereocenters. The second-order valence-electron chi connectivity index (χ2n) is 3.93. The van der Waals surface area contributed by atoms with Crippen molar-refractivity contribution in [1.29, 1.82) is 0 Å². The molecule has 11 heavy (non-hydrogen) atoms. The van der Waals surface area contributed by atoms with Gasteiger partial charge in [-0.1, -0.05) is 0 Å².